The molecule has 1 aliphatic carbocycles. The second-order valence-corrected chi connectivity index (χ2v) is 6.96. The van der Waals surface area contributed by atoms with Gasteiger partial charge >= 0.3 is 0 Å². The number of pyridine rings is 1. The highest BCUT2D eigenvalue weighted by molar-refractivity contribution is 5.92. The highest BCUT2D eigenvalue weighted by atomic mass is 16.5. The molecule has 1 aliphatic rings. The van der Waals surface area contributed by atoms with Gasteiger partial charge in [0.05, 0.1) is 13.2 Å². The molecule has 5 heteroatoms. The zero-order valence-electron chi connectivity index (χ0n) is 16.1. The number of nitrogens with zero attached hydrogens (tertiary/aromatic N) is 2. The first-order valence-corrected chi connectivity index (χ1v) is 9.29. The Morgan fingerprint density at radius 2 is 1.96 bits per heavy atom. The number of carbonyl (C=O) groups is 1. The molecule has 5 nitrogen and oxygen atoms in total. The molecule has 1 heterocycles. The van der Waals surface area contributed by atoms with Gasteiger partial charge in [0.2, 0.25) is 5.91 Å². The first-order valence-electron chi connectivity index (χ1n) is 9.29. The Balaban J connectivity index is 1.71. The average molecular weight is 366 g/mol. The molecule has 2 aromatic rings. The SMILES string of the molecule is COc1cc(/C=C/C(=O)N(Cc2ccncc2)C2CC2)ccc1OC(C)C. The van der Waals surface area contributed by atoms with E-state index >= 15 is 0 Å². The molecule has 0 atom stereocenters. The molecular formula is C22H26N2O3. The lowest BCUT2D eigenvalue weighted by Crippen LogP contribution is -2.31. The number of amides is 1. The Bertz CT molecular complexity index is 798. The van der Waals surface area contributed by atoms with Gasteiger partial charge in [-0.2, -0.15) is 0 Å². The lowest BCUT2D eigenvalue weighted by atomic mass is 10.1. The smallest absolute Gasteiger partial charge is 0.247 e. The van der Waals surface area contributed by atoms with E-state index in [0.29, 0.717) is 24.1 Å². The molecule has 0 N–H and O–H groups in total. The van der Waals surface area contributed by atoms with Gasteiger partial charge in [-0.3, -0.25) is 9.78 Å². The van der Waals surface area contributed by atoms with Gasteiger partial charge in [0, 0.05) is 31.1 Å². The van der Waals surface area contributed by atoms with Crippen LogP contribution in [0.2, 0.25) is 0 Å². The number of ether oxygens (including phenoxy) is 2. The van der Waals surface area contributed by atoms with Crippen molar-refractivity contribution in [2.24, 2.45) is 0 Å². The number of aromatic nitrogens is 1. The summed E-state index contributed by atoms with van der Waals surface area (Å²) in [5, 5.41) is 0. The molecule has 3 rings (SSSR count). The molecule has 1 saturated carbocycles. The molecular weight excluding hydrogens is 340 g/mol. The third-order valence-corrected chi connectivity index (χ3v) is 4.34. The van der Waals surface area contributed by atoms with Gasteiger partial charge in [-0.05, 0) is 68.2 Å². The van der Waals surface area contributed by atoms with Crippen LogP contribution in [0.1, 0.15) is 37.8 Å². The maximum absolute atomic E-state index is 12.7. The molecule has 0 saturated heterocycles. The highest BCUT2D eigenvalue weighted by Gasteiger charge is 2.31. The van der Waals surface area contributed by atoms with Crippen LogP contribution in [0.3, 0.4) is 0 Å². The third-order valence-electron chi connectivity index (χ3n) is 4.34. The van der Waals surface area contributed by atoms with E-state index in [1.165, 1.54) is 0 Å². The van der Waals surface area contributed by atoms with Crippen molar-refractivity contribution in [3.8, 4) is 11.5 Å². The van der Waals surface area contributed by atoms with Crippen molar-refractivity contribution in [1.82, 2.24) is 9.88 Å². The summed E-state index contributed by atoms with van der Waals surface area (Å²) in [4.78, 5) is 18.7. The zero-order valence-corrected chi connectivity index (χ0v) is 16.1. The van der Waals surface area contributed by atoms with Crippen LogP contribution < -0.4 is 9.47 Å². The summed E-state index contributed by atoms with van der Waals surface area (Å²) in [6.07, 6.45) is 9.19. The zero-order chi connectivity index (χ0) is 19.2. The molecule has 142 valence electrons. The van der Waals surface area contributed by atoms with Crippen LogP contribution in [0.4, 0.5) is 0 Å². The number of hydrogen-bond acceptors (Lipinski definition) is 4. The largest absolute Gasteiger partial charge is 0.493 e. The van der Waals surface area contributed by atoms with E-state index in [2.05, 4.69) is 4.98 Å². The predicted molar refractivity (Wildman–Crippen MR) is 106 cm³/mol. The molecule has 0 bridgehead atoms. The molecule has 0 radical (unpaired) electrons. The monoisotopic (exact) mass is 366 g/mol. The molecule has 1 aromatic heterocycles. The molecule has 1 fully saturated rings. The standard InChI is InChI=1S/C22H26N2O3/c1-16(2)27-20-8-4-17(14-21(20)26-3)5-9-22(25)24(19-6-7-19)15-18-10-12-23-13-11-18/h4-5,8-14,16,19H,6-7,15H2,1-3H3/b9-5+. The minimum atomic E-state index is 0.0239. The molecule has 1 amide bonds. The third kappa shape index (κ3) is 5.33. The molecule has 0 unspecified atom stereocenters. The molecule has 0 aliphatic heterocycles. The predicted octanol–water partition coefficient (Wildman–Crippen LogP) is 4.08. The van der Waals surface area contributed by atoms with Gasteiger partial charge in [-0.25, -0.2) is 0 Å². The van der Waals surface area contributed by atoms with Crippen LogP contribution in [0.25, 0.3) is 6.08 Å². The maximum Gasteiger partial charge on any atom is 0.247 e. The van der Waals surface area contributed by atoms with Crippen molar-refractivity contribution in [3.63, 3.8) is 0 Å². The Hall–Kier alpha value is -2.82. The van der Waals surface area contributed by atoms with Crippen LogP contribution in [0.5, 0.6) is 11.5 Å². The van der Waals surface area contributed by atoms with Gasteiger partial charge < -0.3 is 14.4 Å². The van der Waals surface area contributed by atoms with Crippen molar-refractivity contribution in [2.75, 3.05) is 7.11 Å². The second kappa shape index (κ2) is 8.71. The van der Waals surface area contributed by atoms with Gasteiger partial charge in [-0.15, -0.1) is 0 Å². The van der Waals surface area contributed by atoms with Crippen LogP contribution in [0, 0.1) is 0 Å². The fourth-order valence-corrected chi connectivity index (χ4v) is 2.86. The average Bonchev–Trinajstić information content (AvgIpc) is 3.50. The van der Waals surface area contributed by atoms with Crippen molar-refractivity contribution >= 4 is 12.0 Å². The van der Waals surface area contributed by atoms with Crippen molar-refractivity contribution in [2.45, 2.75) is 45.4 Å². The van der Waals surface area contributed by atoms with E-state index < -0.39 is 0 Å². The maximum atomic E-state index is 12.7. The van der Waals surface area contributed by atoms with E-state index in [1.54, 1.807) is 25.6 Å². The van der Waals surface area contributed by atoms with E-state index in [0.717, 1.165) is 24.0 Å². The summed E-state index contributed by atoms with van der Waals surface area (Å²) in [5.41, 5.74) is 1.99. The Labute approximate surface area is 160 Å². The molecule has 1 aromatic carbocycles. The Kier molecular flexibility index (Phi) is 6.12. The minimum Gasteiger partial charge on any atom is -0.493 e. The summed E-state index contributed by atoms with van der Waals surface area (Å²) in [6.45, 7) is 4.56. The van der Waals surface area contributed by atoms with E-state index in [1.807, 2.05) is 55.2 Å². The van der Waals surface area contributed by atoms with Gasteiger partial charge in [0.25, 0.3) is 0 Å². The summed E-state index contributed by atoms with van der Waals surface area (Å²) in [6, 6.07) is 9.92. The van der Waals surface area contributed by atoms with E-state index in [-0.39, 0.29) is 12.0 Å². The number of benzene rings is 1. The van der Waals surface area contributed by atoms with Crippen molar-refractivity contribution < 1.29 is 14.3 Å². The van der Waals surface area contributed by atoms with E-state index in [9.17, 15) is 4.79 Å². The second-order valence-electron chi connectivity index (χ2n) is 6.96. The number of hydrogen-bond donors (Lipinski definition) is 0. The van der Waals surface area contributed by atoms with Crippen molar-refractivity contribution in [1.29, 1.82) is 0 Å². The topological polar surface area (TPSA) is 51.7 Å². The first-order chi connectivity index (χ1) is 13.1. The fourth-order valence-electron chi connectivity index (χ4n) is 2.86. The first kappa shape index (κ1) is 19.0. The van der Waals surface area contributed by atoms with Crippen LogP contribution in [-0.4, -0.2) is 35.0 Å². The number of rotatable bonds is 8. The summed E-state index contributed by atoms with van der Waals surface area (Å²) >= 11 is 0. The molecule has 0 spiro atoms. The summed E-state index contributed by atoms with van der Waals surface area (Å²) in [7, 11) is 1.62. The fraction of sp³-hybridized carbons (Fsp3) is 0.364. The summed E-state index contributed by atoms with van der Waals surface area (Å²) < 4.78 is 11.1. The van der Waals surface area contributed by atoms with Gasteiger partial charge in [-0.1, -0.05) is 6.07 Å². The van der Waals surface area contributed by atoms with Crippen LogP contribution in [0.15, 0.2) is 48.8 Å². The van der Waals surface area contributed by atoms with Gasteiger partial charge in [0.1, 0.15) is 0 Å². The lowest BCUT2D eigenvalue weighted by Gasteiger charge is -2.21. The number of methoxy groups -OCH3 is 1. The van der Waals surface area contributed by atoms with Crippen LogP contribution >= 0.6 is 0 Å². The van der Waals surface area contributed by atoms with Gasteiger partial charge in [0.15, 0.2) is 11.5 Å². The van der Waals surface area contributed by atoms with E-state index in [4.69, 9.17) is 9.47 Å². The van der Waals surface area contributed by atoms with Crippen molar-refractivity contribution in [3.05, 3.63) is 59.9 Å². The highest BCUT2D eigenvalue weighted by Crippen LogP contribution is 2.30. The summed E-state index contributed by atoms with van der Waals surface area (Å²) in [5.74, 6) is 1.39. The quantitative estimate of drug-likeness (QED) is 0.661. The number of carbonyl (C=O) groups excluding carboxylic acids is 1. The lowest BCUT2D eigenvalue weighted by molar-refractivity contribution is -0.127. The minimum absolute atomic E-state index is 0.0239. The molecule has 27 heavy (non-hydrogen) atoms. The normalized spacial score (nSPS) is 13.8. The Morgan fingerprint density at radius 1 is 1.22 bits per heavy atom. The van der Waals surface area contributed by atoms with Crippen LogP contribution in [-0.2, 0) is 11.3 Å². The Morgan fingerprint density at radius 3 is 2.59 bits per heavy atom.